The van der Waals surface area contributed by atoms with E-state index in [1.54, 1.807) is 47.4 Å². The van der Waals surface area contributed by atoms with Crippen molar-refractivity contribution in [3.8, 4) is 0 Å². The lowest BCUT2D eigenvalue weighted by Gasteiger charge is -2.27. The third-order valence-corrected chi connectivity index (χ3v) is 4.77. The highest BCUT2D eigenvalue weighted by Crippen LogP contribution is 2.23. The lowest BCUT2D eigenvalue weighted by atomic mass is 10.1. The van der Waals surface area contributed by atoms with Gasteiger partial charge in [-0.3, -0.25) is 9.59 Å². The van der Waals surface area contributed by atoms with Gasteiger partial charge in [-0.1, -0.05) is 17.7 Å². The number of rotatable bonds is 3. The number of nitrogens with one attached hydrogen (secondary N) is 1. The molecule has 0 unspecified atom stereocenters. The molecule has 2 aromatic carbocycles. The maximum atomic E-state index is 12.5. The highest BCUT2D eigenvalue weighted by atomic mass is 79.9. The minimum Gasteiger partial charge on any atom is -0.378 e. The molecule has 3 rings (SSSR count). The molecule has 2 aromatic rings. The number of ether oxygens (including phenoxy) is 1. The standard InChI is InChI=1S/C18H16BrClN2O3/c19-16-5-4-13(20)11-15(16)17(23)21-14-3-1-2-12(10-14)18(24)22-6-8-25-9-7-22/h1-5,10-11H,6-9H2,(H,21,23). The van der Waals surface area contributed by atoms with Crippen molar-refractivity contribution in [3.05, 3.63) is 63.1 Å². The predicted molar refractivity (Wildman–Crippen MR) is 100 cm³/mol. The number of carbonyl (C=O) groups is 2. The number of morpholine rings is 1. The molecule has 0 aromatic heterocycles. The van der Waals surface area contributed by atoms with E-state index >= 15 is 0 Å². The Balaban J connectivity index is 1.76. The van der Waals surface area contributed by atoms with Gasteiger partial charge in [0.15, 0.2) is 0 Å². The zero-order chi connectivity index (χ0) is 17.8. The number of hydrogen-bond donors (Lipinski definition) is 1. The topological polar surface area (TPSA) is 58.6 Å². The van der Waals surface area contributed by atoms with Gasteiger partial charge in [0.25, 0.3) is 11.8 Å². The average Bonchev–Trinajstić information content (AvgIpc) is 2.64. The normalized spacial score (nSPS) is 14.2. The van der Waals surface area contributed by atoms with E-state index in [2.05, 4.69) is 21.2 Å². The van der Waals surface area contributed by atoms with E-state index in [0.717, 1.165) is 0 Å². The van der Waals surface area contributed by atoms with E-state index in [9.17, 15) is 9.59 Å². The first-order valence-electron chi connectivity index (χ1n) is 7.78. The number of benzene rings is 2. The molecule has 1 saturated heterocycles. The van der Waals surface area contributed by atoms with Crippen LogP contribution in [0.15, 0.2) is 46.9 Å². The van der Waals surface area contributed by atoms with Crippen molar-refractivity contribution < 1.29 is 14.3 Å². The molecule has 0 aliphatic carbocycles. The molecule has 1 heterocycles. The monoisotopic (exact) mass is 422 g/mol. The van der Waals surface area contributed by atoms with E-state index in [0.29, 0.717) is 52.6 Å². The van der Waals surface area contributed by atoms with Crippen LogP contribution in [0.4, 0.5) is 5.69 Å². The van der Waals surface area contributed by atoms with Crippen LogP contribution in [0.1, 0.15) is 20.7 Å². The quantitative estimate of drug-likeness (QED) is 0.816. The van der Waals surface area contributed by atoms with Crippen LogP contribution in [-0.4, -0.2) is 43.0 Å². The minimum absolute atomic E-state index is 0.0664. The first-order chi connectivity index (χ1) is 12.0. The molecule has 0 bridgehead atoms. The summed E-state index contributed by atoms with van der Waals surface area (Å²) in [6.45, 7) is 2.24. The summed E-state index contributed by atoms with van der Waals surface area (Å²) >= 11 is 9.30. The second-order valence-corrected chi connectivity index (χ2v) is 6.85. The molecule has 1 aliphatic rings. The molecule has 7 heteroatoms. The van der Waals surface area contributed by atoms with Crippen molar-refractivity contribution >= 4 is 45.0 Å². The molecule has 130 valence electrons. The minimum atomic E-state index is -0.301. The molecule has 25 heavy (non-hydrogen) atoms. The fraction of sp³-hybridized carbons (Fsp3) is 0.222. The van der Waals surface area contributed by atoms with Crippen LogP contribution in [-0.2, 0) is 4.74 Å². The van der Waals surface area contributed by atoms with E-state index in [4.69, 9.17) is 16.3 Å². The van der Waals surface area contributed by atoms with Gasteiger partial charge in [0.1, 0.15) is 0 Å². The zero-order valence-electron chi connectivity index (χ0n) is 13.3. The Bertz CT molecular complexity index is 807. The molecule has 1 aliphatic heterocycles. The van der Waals surface area contributed by atoms with Crippen molar-refractivity contribution in [1.29, 1.82) is 0 Å². The molecule has 0 atom stereocenters. The molecule has 0 radical (unpaired) electrons. The maximum Gasteiger partial charge on any atom is 0.256 e. The zero-order valence-corrected chi connectivity index (χ0v) is 15.6. The first kappa shape index (κ1) is 17.9. The van der Waals surface area contributed by atoms with E-state index in [1.165, 1.54) is 0 Å². The Morgan fingerprint density at radius 1 is 1.12 bits per heavy atom. The third kappa shape index (κ3) is 4.39. The average molecular weight is 424 g/mol. The van der Waals surface area contributed by atoms with Gasteiger partial charge in [-0.05, 0) is 52.3 Å². The molecular formula is C18H16BrClN2O3. The Hall–Kier alpha value is -1.89. The molecule has 0 saturated carbocycles. The Kier molecular flexibility index (Phi) is 5.73. The van der Waals surface area contributed by atoms with E-state index < -0.39 is 0 Å². The SMILES string of the molecule is O=C(Nc1cccc(C(=O)N2CCOCC2)c1)c1cc(Cl)ccc1Br. The fourth-order valence-electron chi connectivity index (χ4n) is 2.55. The van der Waals surface area contributed by atoms with Gasteiger partial charge >= 0.3 is 0 Å². The van der Waals surface area contributed by atoms with Crippen molar-refractivity contribution in [2.45, 2.75) is 0 Å². The largest absolute Gasteiger partial charge is 0.378 e. The van der Waals surface area contributed by atoms with Crippen molar-refractivity contribution in [1.82, 2.24) is 4.90 Å². The van der Waals surface area contributed by atoms with Gasteiger partial charge in [0.2, 0.25) is 0 Å². The van der Waals surface area contributed by atoms with Crippen LogP contribution in [0.3, 0.4) is 0 Å². The summed E-state index contributed by atoms with van der Waals surface area (Å²) in [5.74, 6) is -0.367. The summed E-state index contributed by atoms with van der Waals surface area (Å²) < 4.78 is 5.91. The predicted octanol–water partition coefficient (Wildman–Crippen LogP) is 3.83. The van der Waals surface area contributed by atoms with Gasteiger partial charge in [-0.25, -0.2) is 0 Å². The number of hydrogen-bond acceptors (Lipinski definition) is 3. The summed E-state index contributed by atoms with van der Waals surface area (Å²) in [7, 11) is 0. The summed E-state index contributed by atoms with van der Waals surface area (Å²) in [4.78, 5) is 26.7. The summed E-state index contributed by atoms with van der Waals surface area (Å²) in [6, 6.07) is 11.9. The van der Waals surface area contributed by atoms with Crippen LogP contribution in [0.25, 0.3) is 0 Å². The second kappa shape index (κ2) is 7.99. The van der Waals surface area contributed by atoms with Gasteiger partial charge in [0, 0.05) is 33.8 Å². The van der Waals surface area contributed by atoms with Crippen LogP contribution < -0.4 is 5.32 Å². The molecular weight excluding hydrogens is 408 g/mol. The lowest BCUT2D eigenvalue weighted by Crippen LogP contribution is -2.40. The summed E-state index contributed by atoms with van der Waals surface area (Å²) in [6.07, 6.45) is 0. The van der Waals surface area contributed by atoms with Crippen molar-refractivity contribution in [2.75, 3.05) is 31.6 Å². The number of amides is 2. The lowest BCUT2D eigenvalue weighted by molar-refractivity contribution is 0.0303. The number of nitrogens with zero attached hydrogens (tertiary/aromatic N) is 1. The first-order valence-corrected chi connectivity index (χ1v) is 8.95. The molecule has 1 fully saturated rings. The molecule has 5 nitrogen and oxygen atoms in total. The van der Waals surface area contributed by atoms with Crippen LogP contribution in [0, 0.1) is 0 Å². The smallest absolute Gasteiger partial charge is 0.256 e. The number of carbonyl (C=O) groups excluding carboxylic acids is 2. The van der Waals surface area contributed by atoms with Gasteiger partial charge in [0.05, 0.1) is 18.8 Å². The Morgan fingerprint density at radius 3 is 2.64 bits per heavy atom. The summed E-state index contributed by atoms with van der Waals surface area (Å²) in [5.41, 5.74) is 1.51. The molecule has 0 spiro atoms. The van der Waals surface area contributed by atoms with Crippen LogP contribution in [0.5, 0.6) is 0 Å². The highest BCUT2D eigenvalue weighted by molar-refractivity contribution is 9.10. The van der Waals surface area contributed by atoms with Gasteiger partial charge in [-0.15, -0.1) is 0 Å². The molecule has 2 amide bonds. The maximum absolute atomic E-state index is 12.5. The Morgan fingerprint density at radius 2 is 1.88 bits per heavy atom. The van der Waals surface area contributed by atoms with Crippen LogP contribution in [0.2, 0.25) is 5.02 Å². The van der Waals surface area contributed by atoms with Crippen LogP contribution >= 0.6 is 27.5 Å². The van der Waals surface area contributed by atoms with E-state index in [1.807, 2.05) is 0 Å². The second-order valence-electron chi connectivity index (χ2n) is 5.56. The Labute approximate surface area is 159 Å². The molecule has 1 N–H and O–H groups in total. The van der Waals surface area contributed by atoms with Gasteiger partial charge in [-0.2, -0.15) is 0 Å². The van der Waals surface area contributed by atoms with Crippen molar-refractivity contribution in [3.63, 3.8) is 0 Å². The van der Waals surface area contributed by atoms with E-state index in [-0.39, 0.29) is 11.8 Å². The fourth-order valence-corrected chi connectivity index (χ4v) is 3.15. The van der Waals surface area contributed by atoms with Crippen molar-refractivity contribution in [2.24, 2.45) is 0 Å². The highest BCUT2D eigenvalue weighted by Gasteiger charge is 2.19. The summed E-state index contributed by atoms with van der Waals surface area (Å²) in [5, 5.41) is 3.28. The van der Waals surface area contributed by atoms with Gasteiger partial charge < -0.3 is 15.0 Å². The number of halogens is 2. The number of anilines is 1. The third-order valence-electron chi connectivity index (χ3n) is 3.84.